The van der Waals surface area contributed by atoms with E-state index in [0.717, 1.165) is 0 Å². The van der Waals surface area contributed by atoms with E-state index in [1.807, 2.05) is 0 Å². The van der Waals surface area contributed by atoms with Crippen LogP contribution in [-0.2, 0) is 14.4 Å². The number of aliphatic carboxylic acids is 1. The Balaban J connectivity index is 4.50. The number of hydrogen-bond acceptors (Lipinski definition) is 4. The van der Waals surface area contributed by atoms with Gasteiger partial charge in [-0.2, -0.15) is 0 Å². The maximum atomic E-state index is 11.5. The van der Waals surface area contributed by atoms with Gasteiger partial charge in [-0.05, 0) is 13.3 Å². The van der Waals surface area contributed by atoms with Crippen molar-refractivity contribution in [3.8, 4) is 0 Å². The van der Waals surface area contributed by atoms with Gasteiger partial charge >= 0.3 is 5.97 Å². The van der Waals surface area contributed by atoms with Crippen LogP contribution in [0.15, 0.2) is 0 Å². The number of likely N-dealkylation sites (N-methyl/N-ethyl adjacent to an activating group) is 1. The number of carboxylic acid groups (broad SMARTS) is 1. The summed E-state index contributed by atoms with van der Waals surface area (Å²) in [5.41, 5.74) is 5.67. The fourth-order valence-corrected chi connectivity index (χ4v) is 1.49. The van der Waals surface area contributed by atoms with Crippen molar-refractivity contribution in [2.45, 2.75) is 32.4 Å². The molecule has 0 bridgehead atoms. The van der Waals surface area contributed by atoms with Gasteiger partial charge in [0.1, 0.15) is 6.04 Å². The molecule has 2 amide bonds. The predicted molar refractivity (Wildman–Crippen MR) is 65.8 cm³/mol. The number of nitrogens with two attached hydrogens (primary N) is 1. The van der Waals surface area contributed by atoms with Gasteiger partial charge in [0.15, 0.2) is 0 Å². The van der Waals surface area contributed by atoms with E-state index >= 15 is 0 Å². The SMILES string of the molecule is CC(=O)N(CC[C@H](N)C(=O)N(C)C)[C@H](C)C(=O)O. The van der Waals surface area contributed by atoms with Gasteiger partial charge in [-0.25, -0.2) is 4.79 Å². The molecule has 0 spiro atoms. The molecule has 0 aliphatic heterocycles. The lowest BCUT2D eigenvalue weighted by Crippen LogP contribution is -2.46. The maximum Gasteiger partial charge on any atom is 0.326 e. The number of carboxylic acids is 1. The smallest absolute Gasteiger partial charge is 0.326 e. The highest BCUT2D eigenvalue weighted by molar-refractivity contribution is 5.82. The third kappa shape index (κ3) is 4.70. The first kappa shape index (κ1) is 16.4. The maximum absolute atomic E-state index is 11.5. The van der Waals surface area contributed by atoms with E-state index in [2.05, 4.69) is 0 Å². The Morgan fingerprint density at radius 1 is 1.28 bits per heavy atom. The molecule has 0 aliphatic rings. The predicted octanol–water partition coefficient (Wildman–Crippen LogP) is -0.886. The van der Waals surface area contributed by atoms with Crippen molar-refractivity contribution in [2.24, 2.45) is 5.73 Å². The molecule has 0 saturated carbocycles. The topological polar surface area (TPSA) is 104 Å². The Bertz CT molecular complexity index is 330. The van der Waals surface area contributed by atoms with Crippen molar-refractivity contribution in [3.63, 3.8) is 0 Å². The van der Waals surface area contributed by atoms with E-state index in [1.165, 1.54) is 23.6 Å². The lowest BCUT2D eigenvalue weighted by Gasteiger charge is -2.26. The number of rotatable bonds is 6. The second-order valence-corrected chi connectivity index (χ2v) is 4.35. The van der Waals surface area contributed by atoms with Crippen molar-refractivity contribution < 1.29 is 19.5 Å². The first-order valence-electron chi connectivity index (χ1n) is 5.65. The zero-order valence-corrected chi connectivity index (χ0v) is 11.2. The van der Waals surface area contributed by atoms with Crippen LogP contribution in [0.1, 0.15) is 20.3 Å². The second kappa shape index (κ2) is 6.95. The van der Waals surface area contributed by atoms with E-state index in [0.29, 0.717) is 0 Å². The van der Waals surface area contributed by atoms with Crippen LogP contribution >= 0.6 is 0 Å². The largest absolute Gasteiger partial charge is 0.480 e. The normalized spacial score (nSPS) is 13.6. The standard InChI is InChI=1S/C11H21N3O4/c1-7(11(17)18)14(8(2)15)6-5-9(12)10(16)13(3)4/h7,9H,5-6,12H2,1-4H3,(H,17,18)/t7-,9+/m1/s1. The summed E-state index contributed by atoms with van der Waals surface area (Å²) in [5.74, 6) is -1.69. The molecule has 18 heavy (non-hydrogen) atoms. The molecule has 2 atom stereocenters. The van der Waals surface area contributed by atoms with Gasteiger partial charge in [0.25, 0.3) is 0 Å². The van der Waals surface area contributed by atoms with Gasteiger partial charge in [-0.15, -0.1) is 0 Å². The summed E-state index contributed by atoms with van der Waals surface area (Å²) in [6.07, 6.45) is 0.230. The minimum atomic E-state index is -1.09. The van der Waals surface area contributed by atoms with Crippen LogP contribution in [0.4, 0.5) is 0 Å². The fourth-order valence-electron chi connectivity index (χ4n) is 1.49. The summed E-state index contributed by atoms with van der Waals surface area (Å²) < 4.78 is 0. The third-order valence-corrected chi connectivity index (χ3v) is 2.67. The summed E-state index contributed by atoms with van der Waals surface area (Å²) in [7, 11) is 3.18. The molecule has 0 heterocycles. The average molecular weight is 259 g/mol. The van der Waals surface area contributed by atoms with Crippen molar-refractivity contribution in [2.75, 3.05) is 20.6 Å². The highest BCUT2D eigenvalue weighted by Crippen LogP contribution is 2.04. The van der Waals surface area contributed by atoms with Crippen molar-refractivity contribution in [1.29, 1.82) is 0 Å². The van der Waals surface area contributed by atoms with Crippen LogP contribution in [0.2, 0.25) is 0 Å². The zero-order valence-electron chi connectivity index (χ0n) is 11.2. The number of carbonyl (C=O) groups excluding carboxylic acids is 2. The van der Waals surface area contributed by atoms with E-state index < -0.39 is 18.1 Å². The zero-order chi connectivity index (χ0) is 14.5. The Hall–Kier alpha value is -1.63. The molecule has 0 unspecified atom stereocenters. The fraction of sp³-hybridized carbons (Fsp3) is 0.727. The Morgan fingerprint density at radius 3 is 2.11 bits per heavy atom. The molecule has 0 radical (unpaired) electrons. The lowest BCUT2D eigenvalue weighted by molar-refractivity contribution is -0.148. The van der Waals surface area contributed by atoms with Crippen LogP contribution in [-0.4, -0.2) is 65.4 Å². The molecule has 7 heteroatoms. The van der Waals surface area contributed by atoms with Crippen LogP contribution < -0.4 is 5.73 Å². The van der Waals surface area contributed by atoms with Crippen LogP contribution in [0.25, 0.3) is 0 Å². The third-order valence-electron chi connectivity index (χ3n) is 2.67. The first-order valence-corrected chi connectivity index (χ1v) is 5.65. The number of amides is 2. The van der Waals surface area contributed by atoms with E-state index in [9.17, 15) is 14.4 Å². The minimum Gasteiger partial charge on any atom is -0.480 e. The van der Waals surface area contributed by atoms with Crippen molar-refractivity contribution in [1.82, 2.24) is 9.80 Å². The van der Waals surface area contributed by atoms with Crippen molar-refractivity contribution >= 4 is 17.8 Å². The monoisotopic (exact) mass is 259 g/mol. The van der Waals surface area contributed by atoms with Gasteiger partial charge in [0.05, 0.1) is 6.04 Å². The molecule has 3 N–H and O–H groups in total. The molecular formula is C11H21N3O4. The molecule has 104 valence electrons. The van der Waals surface area contributed by atoms with Gasteiger partial charge < -0.3 is 20.6 Å². The molecule has 0 aromatic carbocycles. The Kier molecular flexibility index (Phi) is 6.32. The lowest BCUT2D eigenvalue weighted by atomic mass is 10.1. The Labute approximate surface area is 107 Å². The Morgan fingerprint density at radius 2 is 1.78 bits per heavy atom. The summed E-state index contributed by atoms with van der Waals surface area (Å²) >= 11 is 0. The second-order valence-electron chi connectivity index (χ2n) is 4.35. The highest BCUT2D eigenvalue weighted by atomic mass is 16.4. The number of nitrogens with zero attached hydrogens (tertiary/aromatic N) is 2. The number of hydrogen-bond donors (Lipinski definition) is 2. The molecule has 0 aliphatic carbocycles. The van der Waals surface area contributed by atoms with E-state index in [4.69, 9.17) is 10.8 Å². The summed E-state index contributed by atoms with van der Waals surface area (Å²) in [6.45, 7) is 2.85. The van der Waals surface area contributed by atoms with Crippen molar-refractivity contribution in [3.05, 3.63) is 0 Å². The number of carbonyl (C=O) groups is 3. The molecular weight excluding hydrogens is 238 g/mol. The molecule has 0 rings (SSSR count). The molecule has 0 aromatic heterocycles. The van der Waals surface area contributed by atoms with Crippen LogP contribution in [0, 0.1) is 0 Å². The van der Waals surface area contributed by atoms with Gasteiger partial charge in [-0.1, -0.05) is 0 Å². The first-order chi connectivity index (χ1) is 8.18. The molecule has 7 nitrogen and oxygen atoms in total. The van der Waals surface area contributed by atoms with Crippen LogP contribution in [0.3, 0.4) is 0 Å². The van der Waals surface area contributed by atoms with E-state index in [1.54, 1.807) is 14.1 Å². The summed E-state index contributed by atoms with van der Waals surface area (Å²) in [6, 6.07) is -1.66. The van der Waals surface area contributed by atoms with Gasteiger partial charge in [0, 0.05) is 27.6 Å². The van der Waals surface area contributed by atoms with E-state index in [-0.39, 0.29) is 24.8 Å². The van der Waals surface area contributed by atoms with Crippen LogP contribution in [0.5, 0.6) is 0 Å². The summed E-state index contributed by atoms with van der Waals surface area (Å²) in [5, 5.41) is 8.86. The minimum absolute atomic E-state index is 0.142. The highest BCUT2D eigenvalue weighted by Gasteiger charge is 2.24. The molecule has 0 saturated heterocycles. The average Bonchev–Trinajstić information content (AvgIpc) is 2.26. The molecule has 0 aromatic rings. The summed E-state index contributed by atoms with van der Waals surface area (Å²) in [4.78, 5) is 36.2. The molecule has 0 fully saturated rings. The van der Waals surface area contributed by atoms with Gasteiger partial charge in [0.2, 0.25) is 11.8 Å². The van der Waals surface area contributed by atoms with Gasteiger partial charge in [-0.3, -0.25) is 9.59 Å². The quantitative estimate of drug-likeness (QED) is 0.644.